The van der Waals surface area contributed by atoms with Gasteiger partial charge in [0.05, 0.1) is 6.10 Å². The second kappa shape index (κ2) is 6.55. The topological polar surface area (TPSA) is 104 Å². The fraction of sp³-hybridized carbons (Fsp3) is 0.739. The molecule has 166 valence electrons. The molecule has 0 heterocycles. The molecule has 9 atom stereocenters. The van der Waals surface area contributed by atoms with Gasteiger partial charge in [-0.05, 0) is 56.6 Å². The van der Waals surface area contributed by atoms with Crippen LogP contribution in [0.5, 0.6) is 0 Å². The van der Waals surface area contributed by atoms with Crippen molar-refractivity contribution in [1.29, 1.82) is 0 Å². The summed E-state index contributed by atoms with van der Waals surface area (Å²) >= 11 is 0. The van der Waals surface area contributed by atoms with Crippen molar-refractivity contribution in [2.75, 3.05) is 7.11 Å². The number of halogens is 1. The molecule has 3 N–H and O–H groups in total. The number of fused-ring (bicyclic) bond motifs is 5. The number of aliphatic hydroxyl groups is 3. The SMILES string of the molecule is COC(O)C(=O)[C@@]1(O)[C@H](C)C[C@H]2[C@@H]3CCC4=CC(=O)C=C[C@]4(C)[C@@]3(F)[C@@H](O)C[C@@]21C. The number of Topliss-reactive ketones (excluding diaryl/α,β-unsaturated/α-hetero) is 1. The number of methoxy groups -OCH3 is 1. The highest BCUT2D eigenvalue weighted by Gasteiger charge is 2.76. The predicted molar refractivity (Wildman–Crippen MR) is 106 cm³/mol. The van der Waals surface area contributed by atoms with E-state index in [9.17, 15) is 24.9 Å². The van der Waals surface area contributed by atoms with Crippen LogP contribution in [-0.4, -0.2) is 57.7 Å². The minimum Gasteiger partial charge on any atom is -0.390 e. The smallest absolute Gasteiger partial charge is 0.220 e. The van der Waals surface area contributed by atoms with E-state index in [4.69, 9.17) is 4.74 Å². The van der Waals surface area contributed by atoms with Gasteiger partial charge in [-0.1, -0.05) is 25.5 Å². The summed E-state index contributed by atoms with van der Waals surface area (Å²) in [7, 11) is 1.18. The van der Waals surface area contributed by atoms with Crippen molar-refractivity contribution in [3.05, 3.63) is 23.8 Å². The zero-order valence-corrected chi connectivity index (χ0v) is 17.9. The molecule has 0 aromatic rings. The van der Waals surface area contributed by atoms with Gasteiger partial charge in [0.25, 0.3) is 0 Å². The number of ketones is 2. The van der Waals surface area contributed by atoms with Crippen molar-refractivity contribution < 1.29 is 34.0 Å². The maximum absolute atomic E-state index is 17.0. The van der Waals surface area contributed by atoms with Gasteiger partial charge in [0, 0.05) is 23.9 Å². The minimum atomic E-state index is -2.02. The van der Waals surface area contributed by atoms with E-state index in [0.717, 1.165) is 0 Å². The van der Waals surface area contributed by atoms with Gasteiger partial charge in [0.1, 0.15) is 5.60 Å². The molecule has 0 spiro atoms. The maximum atomic E-state index is 17.0. The molecule has 0 saturated heterocycles. The summed E-state index contributed by atoms with van der Waals surface area (Å²) in [6.45, 7) is 5.17. The molecule has 0 aromatic heterocycles. The van der Waals surface area contributed by atoms with Crippen molar-refractivity contribution >= 4 is 11.6 Å². The highest BCUT2D eigenvalue weighted by Crippen LogP contribution is 2.70. The molecule has 4 rings (SSSR count). The van der Waals surface area contributed by atoms with Crippen molar-refractivity contribution in [2.24, 2.45) is 28.6 Å². The van der Waals surface area contributed by atoms with E-state index in [1.54, 1.807) is 26.8 Å². The molecule has 6 nitrogen and oxygen atoms in total. The van der Waals surface area contributed by atoms with Gasteiger partial charge in [-0.2, -0.15) is 0 Å². The first-order chi connectivity index (χ1) is 13.9. The zero-order valence-electron chi connectivity index (χ0n) is 17.9. The van der Waals surface area contributed by atoms with Crippen LogP contribution < -0.4 is 0 Å². The quantitative estimate of drug-likeness (QED) is 0.600. The number of aliphatic hydroxyl groups excluding tert-OH is 2. The third-order valence-electron chi connectivity index (χ3n) is 9.05. The summed E-state index contributed by atoms with van der Waals surface area (Å²) in [6.07, 6.45) is 2.39. The predicted octanol–water partition coefficient (Wildman–Crippen LogP) is 1.87. The number of ether oxygens (including phenoxy) is 1. The number of hydrogen-bond donors (Lipinski definition) is 3. The van der Waals surface area contributed by atoms with Gasteiger partial charge < -0.3 is 20.1 Å². The summed E-state index contributed by atoms with van der Waals surface area (Å²) in [5, 5.41) is 32.8. The van der Waals surface area contributed by atoms with Crippen LogP contribution in [0.2, 0.25) is 0 Å². The van der Waals surface area contributed by atoms with Gasteiger partial charge in [-0.25, -0.2) is 4.39 Å². The average molecular weight is 422 g/mol. The Balaban J connectivity index is 1.81. The summed E-state index contributed by atoms with van der Waals surface area (Å²) in [6, 6.07) is 0. The van der Waals surface area contributed by atoms with Crippen LogP contribution in [-0.2, 0) is 14.3 Å². The van der Waals surface area contributed by atoms with Crippen LogP contribution in [0.1, 0.15) is 46.5 Å². The molecule has 3 saturated carbocycles. The zero-order chi connectivity index (χ0) is 22.3. The first kappa shape index (κ1) is 21.8. The Morgan fingerprint density at radius 3 is 2.63 bits per heavy atom. The molecule has 0 aromatic carbocycles. The normalized spacial score (nSPS) is 50.9. The Labute approximate surface area is 175 Å². The second-order valence-electron chi connectivity index (χ2n) is 10.1. The second-order valence-corrected chi connectivity index (χ2v) is 10.1. The van der Waals surface area contributed by atoms with E-state index in [1.807, 2.05) is 0 Å². The molecular weight excluding hydrogens is 391 g/mol. The van der Waals surface area contributed by atoms with E-state index in [1.165, 1.54) is 19.3 Å². The van der Waals surface area contributed by atoms with Crippen LogP contribution in [0.4, 0.5) is 4.39 Å². The van der Waals surface area contributed by atoms with Crippen molar-refractivity contribution in [1.82, 2.24) is 0 Å². The monoisotopic (exact) mass is 422 g/mol. The lowest BCUT2D eigenvalue weighted by atomic mass is 9.44. The van der Waals surface area contributed by atoms with Crippen molar-refractivity contribution in [3.8, 4) is 0 Å². The van der Waals surface area contributed by atoms with Crippen LogP contribution in [0.3, 0.4) is 0 Å². The summed E-state index contributed by atoms with van der Waals surface area (Å²) in [4.78, 5) is 24.9. The fourth-order valence-corrected chi connectivity index (χ4v) is 7.37. The molecule has 4 aliphatic carbocycles. The van der Waals surface area contributed by atoms with E-state index in [0.29, 0.717) is 24.8 Å². The third kappa shape index (κ3) is 2.32. The number of alkyl halides is 1. The first-order valence-corrected chi connectivity index (χ1v) is 10.7. The molecule has 30 heavy (non-hydrogen) atoms. The Morgan fingerprint density at radius 2 is 2.00 bits per heavy atom. The maximum Gasteiger partial charge on any atom is 0.220 e. The largest absolute Gasteiger partial charge is 0.390 e. The number of allylic oxidation sites excluding steroid dienone is 4. The van der Waals surface area contributed by atoms with Gasteiger partial charge >= 0.3 is 0 Å². The third-order valence-corrected chi connectivity index (χ3v) is 9.05. The highest BCUT2D eigenvalue weighted by atomic mass is 19.1. The lowest BCUT2D eigenvalue weighted by Gasteiger charge is -2.62. The molecule has 7 heteroatoms. The summed E-state index contributed by atoms with van der Waals surface area (Å²) in [5.41, 5.74) is -5.51. The van der Waals surface area contributed by atoms with Crippen LogP contribution >= 0.6 is 0 Å². The highest BCUT2D eigenvalue weighted by molar-refractivity contribution is 6.01. The first-order valence-electron chi connectivity index (χ1n) is 10.7. The lowest BCUT2D eigenvalue weighted by molar-refractivity contribution is -0.226. The molecule has 0 amide bonds. The Kier molecular flexibility index (Phi) is 4.76. The molecular formula is C23H31FO6. The number of carbonyl (C=O) groups excluding carboxylic acids is 2. The number of rotatable bonds is 3. The molecule has 0 radical (unpaired) electrons. The van der Waals surface area contributed by atoms with E-state index >= 15 is 4.39 Å². The minimum absolute atomic E-state index is 0.127. The molecule has 0 bridgehead atoms. The van der Waals surface area contributed by atoms with E-state index in [2.05, 4.69) is 0 Å². The standard InChI is InChI=1S/C23H31FO6/c1-12-9-16-15-6-5-13-10-14(25)7-8-20(13,2)22(15,24)17(26)11-21(16,3)23(12,29)18(27)19(28)30-4/h7-8,10,12,15-17,19,26,28-29H,5-6,9,11H2,1-4H3/t12-,15+,16+,17+,19?,20+,21+,22+,23+/m1/s1. The number of hydrogen-bond acceptors (Lipinski definition) is 6. The molecule has 0 aliphatic heterocycles. The van der Waals surface area contributed by atoms with E-state index in [-0.39, 0.29) is 18.1 Å². The van der Waals surface area contributed by atoms with Crippen LogP contribution in [0.25, 0.3) is 0 Å². The Morgan fingerprint density at radius 1 is 1.33 bits per heavy atom. The van der Waals surface area contributed by atoms with Crippen molar-refractivity contribution in [2.45, 2.75) is 70.1 Å². The van der Waals surface area contributed by atoms with Gasteiger partial charge in [-0.3, -0.25) is 9.59 Å². The molecule has 1 unspecified atom stereocenters. The van der Waals surface area contributed by atoms with Crippen molar-refractivity contribution in [3.63, 3.8) is 0 Å². The summed E-state index contributed by atoms with van der Waals surface area (Å²) in [5.74, 6) is -2.53. The molecule has 3 fully saturated rings. The Bertz CT molecular complexity index is 853. The molecule has 4 aliphatic rings. The fourth-order valence-electron chi connectivity index (χ4n) is 7.37. The Hall–Kier alpha value is -1.41. The van der Waals surface area contributed by atoms with Crippen LogP contribution in [0, 0.1) is 28.6 Å². The van der Waals surface area contributed by atoms with Gasteiger partial charge in [0.15, 0.2) is 11.5 Å². The average Bonchev–Trinajstić information content (AvgIpc) is 2.90. The van der Waals surface area contributed by atoms with E-state index < -0.39 is 52.1 Å². The lowest BCUT2D eigenvalue weighted by Crippen LogP contribution is -2.69. The van der Waals surface area contributed by atoms with Gasteiger partial charge in [0.2, 0.25) is 12.1 Å². The summed E-state index contributed by atoms with van der Waals surface area (Å²) < 4.78 is 21.8. The number of carbonyl (C=O) groups is 2. The van der Waals surface area contributed by atoms with Gasteiger partial charge in [-0.15, -0.1) is 0 Å². The van der Waals surface area contributed by atoms with Crippen LogP contribution in [0.15, 0.2) is 23.8 Å².